The van der Waals surface area contributed by atoms with Gasteiger partial charge in [-0.3, -0.25) is 0 Å². The second-order valence-electron chi connectivity index (χ2n) is 4.78. The Morgan fingerprint density at radius 3 is 2.50 bits per heavy atom. The molecule has 1 fully saturated rings. The molecule has 0 aromatic heterocycles. The Bertz CT molecular complexity index is 606. The molecule has 1 aliphatic carbocycles. The Labute approximate surface area is 118 Å². The molecule has 3 rings (SSSR count). The number of aliphatic imine (C=N–C) groups is 1. The summed E-state index contributed by atoms with van der Waals surface area (Å²) in [6.45, 7) is 0. The Morgan fingerprint density at radius 1 is 1.05 bits per heavy atom. The molecule has 0 amide bonds. The number of anilines is 1. The number of guanidine groups is 1. The van der Waals surface area contributed by atoms with E-state index in [1.807, 2.05) is 54.6 Å². The van der Waals surface area contributed by atoms with Crippen LogP contribution in [0.3, 0.4) is 0 Å². The lowest BCUT2D eigenvalue weighted by Gasteiger charge is -2.12. The number of ether oxygens (including phenoxy) is 1. The van der Waals surface area contributed by atoms with Gasteiger partial charge in [-0.05, 0) is 37.1 Å². The number of nitrogens with one attached hydrogen (secondary N) is 1. The Kier molecular flexibility index (Phi) is 3.54. The topological polar surface area (TPSA) is 59.6 Å². The monoisotopic (exact) mass is 267 g/mol. The number of para-hydroxylation sites is 3. The van der Waals surface area contributed by atoms with Gasteiger partial charge in [0.2, 0.25) is 0 Å². The zero-order valence-corrected chi connectivity index (χ0v) is 11.1. The fourth-order valence-electron chi connectivity index (χ4n) is 1.84. The SMILES string of the molecule is NC(=NC1CC1)Nc1ccccc1Oc1ccccc1. The van der Waals surface area contributed by atoms with Crippen molar-refractivity contribution < 1.29 is 4.74 Å². The smallest absolute Gasteiger partial charge is 0.193 e. The van der Waals surface area contributed by atoms with E-state index < -0.39 is 0 Å². The second kappa shape index (κ2) is 5.65. The molecule has 0 heterocycles. The lowest BCUT2D eigenvalue weighted by molar-refractivity contribution is 0.485. The van der Waals surface area contributed by atoms with Crippen LogP contribution in [0.15, 0.2) is 59.6 Å². The molecular weight excluding hydrogens is 250 g/mol. The first-order chi connectivity index (χ1) is 9.81. The molecule has 4 nitrogen and oxygen atoms in total. The number of nitrogens with two attached hydrogens (primary N) is 1. The minimum absolute atomic E-state index is 0.393. The van der Waals surface area contributed by atoms with Crippen molar-refractivity contribution in [3.8, 4) is 11.5 Å². The van der Waals surface area contributed by atoms with Crippen molar-refractivity contribution in [1.82, 2.24) is 0 Å². The third-order valence-electron chi connectivity index (χ3n) is 2.99. The van der Waals surface area contributed by atoms with Crippen LogP contribution in [-0.2, 0) is 0 Å². The van der Waals surface area contributed by atoms with Crippen LogP contribution in [0.1, 0.15) is 12.8 Å². The highest BCUT2D eigenvalue weighted by Crippen LogP contribution is 2.29. The van der Waals surface area contributed by atoms with E-state index in [2.05, 4.69) is 10.3 Å². The van der Waals surface area contributed by atoms with Crippen molar-refractivity contribution in [2.45, 2.75) is 18.9 Å². The third-order valence-corrected chi connectivity index (χ3v) is 2.99. The van der Waals surface area contributed by atoms with Crippen LogP contribution in [0.5, 0.6) is 11.5 Å². The van der Waals surface area contributed by atoms with E-state index >= 15 is 0 Å². The molecule has 3 N–H and O–H groups in total. The van der Waals surface area contributed by atoms with Crippen molar-refractivity contribution in [2.75, 3.05) is 5.32 Å². The number of nitrogens with zero attached hydrogens (tertiary/aromatic N) is 1. The number of benzene rings is 2. The maximum atomic E-state index is 5.89. The molecule has 0 unspecified atom stereocenters. The summed E-state index contributed by atoms with van der Waals surface area (Å²) in [5.41, 5.74) is 6.71. The van der Waals surface area contributed by atoms with Gasteiger partial charge in [-0.1, -0.05) is 30.3 Å². The van der Waals surface area contributed by atoms with Gasteiger partial charge >= 0.3 is 0 Å². The summed E-state index contributed by atoms with van der Waals surface area (Å²) in [6, 6.07) is 17.7. The van der Waals surface area contributed by atoms with Crippen LogP contribution in [0.25, 0.3) is 0 Å². The zero-order valence-electron chi connectivity index (χ0n) is 11.1. The van der Waals surface area contributed by atoms with Gasteiger partial charge in [-0.2, -0.15) is 0 Å². The van der Waals surface area contributed by atoms with Crippen molar-refractivity contribution in [3.63, 3.8) is 0 Å². The van der Waals surface area contributed by atoms with Crippen LogP contribution < -0.4 is 15.8 Å². The highest BCUT2D eigenvalue weighted by molar-refractivity contribution is 5.93. The van der Waals surface area contributed by atoms with Crippen LogP contribution in [0.4, 0.5) is 5.69 Å². The number of rotatable bonds is 4. The molecular formula is C16H17N3O. The minimum atomic E-state index is 0.393. The van der Waals surface area contributed by atoms with Gasteiger partial charge in [0.25, 0.3) is 0 Å². The van der Waals surface area contributed by atoms with Crippen molar-refractivity contribution in [2.24, 2.45) is 10.7 Å². The van der Waals surface area contributed by atoms with Gasteiger partial charge in [-0.15, -0.1) is 0 Å². The van der Waals surface area contributed by atoms with E-state index in [-0.39, 0.29) is 0 Å². The van der Waals surface area contributed by atoms with E-state index in [0.717, 1.165) is 30.0 Å². The highest BCUT2D eigenvalue weighted by Gasteiger charge is 2.20. The van der Waals surface area contributed by atoms with Gasteiger partial charge in [0, 0.05) is 0 Å². The number of hydrogen-bond donors (Lipinski definition) is 2. The minimum Gasteiger partial charge on any atom is -0.455 e. The maximum absolute atomic E-state index is 5.89. The lowest BCUT2D eigenvalue weighted by atomic mass is 10.3. The summed E-state index contributed by atoms with van der Waals surface area (Å²) in [6.07, 6.45) is 2.26. The van der Waals surface area contributed by atoms with Gasteiger partial charge in [0.15, 0.2) is 11.7 Å². The average Bonchev–Trinajstić information content (AvgIpc) is 3.26. The fourth-order valence-corrected chi connectivity index (χ4v) is 1.84. The molecule has 102 valence electrons. The Hall–Kier alpha value is -2.49. The molecule has 0 bridgehead atoms. The molecule has 0 atom stereocenters. The van der Waals surface area contributed by atoms with E-state index in [1.54, 1.807) is 0 Å². The van der Waals surface area contributed by atoms with Crippen LogP contribution in [0, 0.1) is 0 Å². The van der Waals surface area contributed by atoms with Gasteiger partial charge in [-0.25, -0.2) is 4.99 Å². The molecule has 20 heavy (non-hydrogen) atoms. The highest BCUT2D eigenvalue weighted by atomic mass is 16.5. The molecule has 1 saturated carbocycles. The van der Waals surface area contributed by atoms with E-state index in [0.29, 0.717) is 12.0 Å². The predicted molar refractivity (Wildman–Crippen MR) is 81.2 cm³/mol. The first-order valence-electron chi connectivity index (χ1n) is 6.73. The molecule has 2 aromatic rings. The largest absolute Gasteiger partial charge is 0.455 e. The molecule has 2 aromatic carbocycles. The van der Waals surface area contributed by atoms with E-state index in [1.165, 1.54) is 0 Å². The fraction of sp³-hybridized carbons (Fsp3) is 0.188. The van der Waals surface area contributed by atoms with Crippen molar-refractivity contribution in [1.29, 1.82) is 0 Å². The average molecular weight is 267 g/mol. The summed E-state index contributed by atoms with van der Waals surface area (Å²) in [5.74, 6) is 1.96. The second-order valence-corrected chi connectivity index (χ2v) is 4.78. The third kappa shape index (κ3) is 3.29. The molecule has 0 spiro atoms. The number of hydrogen-bond acceptors (Lipinski definition) is 2. The summed E-state index contributed by atoms with van der Waals surface area (Å²) in [5, 5.41) is 3.10. The molecule has 1 aliphatic rings. The molecule has 4 heteroatoms. The van der Waals surface area contributed by atoms with Crippen molar-refractivity contribution in [3.05, 3.63) is 54.6 Å². The van der Waals surface area contributed by atoms with E-state index in [9.17, 15) is 0 Å². The first kappa shape index (κ1) is 12.5. The first-order valence-corrected chi connectivity index (χ1v) is 6.73. The molecule has 0 radical (unpaired) electrons. The Balaban J connectivity index is 1.77. The summed E-state index contributed by atoms with van der Waals surface area (Å²) >= 11 is 0. The standard InChI is InChI=1S/C16H17N3O/c17-16(18-12-10-11-12)19-14-8-4-5-9-15(14)20-13-6-2-1-3-7-13/h1-9,12H,10-11H2,(H3,17,18,19). The lowest BCUT2D eigenvalue weighted by Crippen LogP contribution is -2.23. The Morgan fingerprint density at radius 2 is 1.75 bits per heavy atom. The van der Waals surface area contributed by atoms with Gasteiger partial charge in [0.1, 0.15) is 5.75 Å². The van der Waals surface area contributed by atoms with E-state index in [4.69, 9.17) is 10.5 Å². The molecule has 0 aliphatic heterocycles. The maximum Gasteiger partial charge on any atom is 0.193 e. The summed E-state index contributed by atoms with van der Waals surface area (Å²) < 4.78 is 5.86. The summed E-state index contributed by atoms with van der Waals surface area (Å²) in [7, 11) is 0. The molecule has 0 saturated heterocycles. The van der Waals surface area contributed by atoms with Gasteiger partial charge < -0.3 is 15.8 Å². The van der Waals surface area contributed by atoms with Crippen molar-refractivity contribution >= 4 is 11.6 Å². The predicted octanol–water partition coefficient (Wildman–Crippen LogP) is 3.37. The van der Waals surface area contributed by atoms with Gasteiger partial charge in [0.05, 0.1) is 11.7 Å². The zero-order chi connectivity index (χ0) is 13.8. The van der Waals surface area contributed by atoms with Crippen LogP contribution in [0.2, 0.25) is 0 Å². The van der Waals surface area contributed by atoms with Crippen LogP contribution in [-0.4, -0.2) is 12.0 Å². The normalized spacial score (nSPS) is 14.9. The quantitative estimate of drug-likeness (QED) is 0.659. The van der Waals surface area contributed by atoms with Crippen LogP contribution >= 0.6 is 0 Å². The summed E-state index contributed by atoms with van der Waals surface area (Å²) in [4.78, 5) is 4.36.